The normalized spacial score (nSPS) is 16.4. The van der Waals surface area contributed by atoms with Crippen molar-refractivity contribution >= 4 is 5.95 Å². The molecular weight excluding hydrogens is 248 g/mol. The van der Waals surface area contributed by atoms with E-state index in [1.165, 1.54) is 0 Å². The van der Waals surface area contributed by atoms with Crippen LogP contribution in [0.25, 0.3) is 11.3 Å². The molecule has 1 aromatic carbocycles. The number of likely N-dealkylation sites (N-methyl/N-ethyl adjacent to an activating group) is 1. The van der Waals surface area contributed by atoms with Gasteiger partial charge >= 0.3 is 0 Å². The van der Waals surface area contributed by atoms with Gasteiger partial charge in [0.15, 0.2) is 0 Å². The Morgan fingerprint density at radius 3 is 2.35 bits per heavy atom. The summed E-state index contributed by atoms with van der Waals surface area (Å²) in [7, 11) is 2.16. The molecule has 2 aromatic rings. The highest BCUT2D eigenvalue weighted by Crippen LogP contribution is 2.20. The van der Waals surface area contributed by atoms with E-state index >= 15 is 0 Å². The fourth-order valence-corrected chi connectivity index (χ4v) is 2.46. The van der Waals surface area contributed by atoms with Crippen molar-refractivity contribution in [2.24, 2.45) is 0 Å². The lowest BCUT2D eigenvalue weighted by Gasteiger charge is -2.32. The topological polar surface area (TPSA) is 32.3 Å². The lowest BCUT2D eigenvalue weighted by molar-refractivity contribution is 0.311. The molecule has 0 bridgehead atoms. The smallest absolute Gasteiger partial charge is 0.226 e. The Morgan fingerprint density at radius 1 is 0.950 bits per heavy atom. The average Bonchev–Trinajstić information content (AvgIpc) is 2.48. The van der Waals surface area contributed by atoms with Gasteiger partial charge in [0, 0.05) is 37.4 Å². The Bertz CT molecular complexity index is 574. The second-order valence-corrected chi connectivity index (χ2v) is 5.35. The molecule has 0 spiro atoms. The summed E-state index contributed by atoms with van der Waals surface area (Å²) in [4.78, 5) is 14.0. The molecule has 4 nitrogen and oxygen atoms in total. The van der Waals surface area contributed by atoms with E-state index < -0.39 is 0 Å². The van der Waals surface area contributed by atoms with Crippen LogP contribution in [0, 0.1) is 6.92 Å². The number of rotatable bonds is 2. The molecule has 0 unspecified atom stereocenters. The zero-order chi connectivity index (χ0) is 13.9. The van der Waals surface area contributed by atoms with Crippen LogP contribution in [0.4, 0.5) is 5.95 Å². The highest BCUT2D eigenvalue weighted by molar-refractivity contribution is 5.60. The van der Waals surface area contributed by atoms with E-state index in [1.807, 2.05) is 25.1 Å². The zero-order valence-corrected chi connectivity index (χ0v) is 12.1. The van der Waals surface area contributed by atoms with E-state index in [-0.39, 0.29) is 0 Å². The predicted molar refractivity (Wildman–Crippen MR) is 81.9 cm³/mol. The van der Waals surface area contributed by atoms with Crippen LogP contribution >= 0.6 is 0 Å². The number of aromatic nitrogens is 2. The van der Waals surface area contributed by atoms with Crippen molar-refractivity contribution in [2.45, 2.75) is 6.92 Å². The molecule has 0 N–H and O–H groups in total. The second kappa shape index (κ2) is 5.59. The standard InChI is InChI=1S/C16H20N4/c1-13-12-15(14-6-4-3-5-7-14)18-16(17-13)20-10-8-19(2)9-11-20/h3-7,12H,8-11H2,1-2H3. The summed E-state index contributed by atoms with van der Waals surface area (Å²) in [6, 6.07) is 12.4. The maximum absolute atomic E-state index is 4.75. The first-order chi connectivity index (χ1) is 9.72. The number of piperazine rings is 1. The molecule has 1 aliphatic rings. The summed E-state index contributed by atoms with van der Waals surface area (Å²) < 4.78 is 0. The number of nitrogens with zero attached hydrogens (tertiary/aromatic N) is 4. The van der Waals surface area contributed by atoms with Gasteiger partial charge in [0.05, 0.1) is 5.69 Å². The van der Waals surface area contributed by atoms with E-state index in [0.29, 0.717) is 0 Å². The maximum atomic E-state index is 4.75. The fraction of sp³-hybridized carbons (Fsp3) is 0.375. The molecule has 0 atom stereocenters. The Morgan fingerprint density at radius 2 is 1.65 bits per heavy atom. The number of hydrogen-bond donors (Lipinski definition) is 0. The summed E-state index contributed by atoms with van der Waals surface area (Å²) in [6.45, 7) is 6.16. The van der Waals surface area contributed by atoms with Crippen molar-refractivity contribution in [3.63, 3.8) is 0 Å². The SMILES string of the molecule is Cc1cc(-c2ccccc2)nc(N2CCN(C)CC2)n1. The van der Waals surface area contributed by atoms with Crippen molar-refractivity contribution in [2.75, 3.05) is 38.1 Å². The van der Waals surface area contributed by atoms with Crippen molar-refractivity contribution < 1.29 is 0 Å². The minimum atomic E-state index is 0.858. The largest absolute Gasteiger partial charge is 0.338 e. The van der Waals surface area contributed by atoms with E-state index in [9.17, 15) is 0 Å². The van der Waals surface area contributed by atoms with Gasteiger partial charge in [-0.05, 0) is 20.0 Å². The van der Waals surface area contributed by atoms with E-state index in [4.69, 9.17) is 4.98 Å². The van der Waals surface area contributed by atoms with Crippen molar-refractivity contribution in [1.82, 2.24) is 14.9 Å². The first-order valence-electron chi connectivity index (χ1n) is 7.07. The molecule has 3 rings (SSSR count). The summed E-state index contributed by atoms with van der Waals surface area (Å²) in [5.41, 5.74) is 3.17. The van der Waals surface area contributed by atoms with Crippen LogP contribution in [0.1, 0.15) is 5.69 Å². The third kappa shape index (κ3) is 2.80. The second-order valence-electron chi connectivity index (χ2n) is 5.35. The quantitative estimate of drug-likeness (QED) is 0.836. The molecule has 0 aliphatic carbocycles. The van der Waals surface area contributed by atoms with E-state index in [0.717, 1.165) is 49.1 Å². The number of hydrogen-bond acceptors (Lipinski definition) is 4. The van der Waals surface area contributed by atoms with Crippen LogP contribution in [-0.4, -0.2) is 48.1 Å². The van der Waals surface area contributed by atoms with Crippen LogP contribution in [0.5, 0.6) is 0 Å². The predicted octanol–water partition coefficient (Wildman–Crippen LogP) is 2.20. The van der Waals surface area contributed by atoms with Crippen molar-refractivity contribution in [3.8, 4) is 11.3 Å². The summed E-state index contributed by atoms with van der Waals surface area (Å²) in [5, 5.41) is 0. The molecule has 1 aromatic heterocycles. The molecule has 1 fully saturated rings. The van der Waals surface area contributed by atoms with Gasteiger partial charge in [-0.2, -0.15) is 0 Å². The molecule has 4 heteroatoms. The monoisotopic (exact) mass is 268 g/mol. The van der Waals surface area contributed by atoms with Gasteiger partial charge in [0.25, 0.3) is 0 Å². The molecule has 2 heterocycles. The van der Waals surface area contributed by atoms with Gasteiger partial charge in [-0.15, -0.1) is 0 Å². The molecule has 0 radical (unpaired) electrons. The third-order valence-corrected chi connectivity index (χ3v) is 3.70. The Labute approximate surface area is 120 Å². The third-order valence-electron chi connectivity index (χ3n) is 3.70. The Balaban J connectivity index is 1.91. The van der Waals surface area contributed by atoms with Gasteiger partial charge in [0.2, 0.25) is 5.95 Å². The molecule has 1 saturated heterocycles. The van der Waals surface area contributed by atoms with E-state index in [1.54, 1.807) is 0 Å². The van der Waals surface area contributed by atoms with Crippen molar-refractivity contribution in [3.05, 3.63) is 42.1 Å². The van der Waals surface area contributed by atoms with Crippen LogP contribution in [-0.2, 0) is 0 Å². The fourth-order valence-electron chi connectivity index (χ4n) is 2.46. The maximum Gasteiger partial charge on any atom is 0.226 e. The van der Waals surface area contributed by atoms with Gasteiger partial charge in [-0.1, -0.05) is 30.3 Å². The molecule has 104 valence electrons. The minimum Gasteiger partial charge on any atom is -0.338 e. The molecule has 1 aliphatic heterocycles. The van der Waals surface area contributed by atoms with Crippen LogP contribution in [0.3, 0.4) is 0 Å². The molecule has 20 heavy (non-hydrogen) atoms. The summed E-state index contributed by atoms with van der Waals surface area (Å²) in [6.07, 6.45) is 0. The molecule has 0 saturated carbocycles. The Hall–Kier alpha value is -1.94. The van der Waals surface area contributed by atoms with Crippen molar-refractivity contribution in [1.29, 1.82) is 0 Å². The van der Waals surface area contributed by atoms with Gasteiger partial charge in [-0.25, -0.2) is 9.97 Å². The first-order valence-corrected chi connectivity index (χ1v) is 7.07. The van der Waals surface area contributed by atoms with Gasteiger partial charge < -0.3 is 9.80 Å². The van der Waals surface area contributed by atoms with Gasteiger partial charge in [0.1, 0.15) is 0 Å². The average molecular weight is 268 g/mol. The van der Waals surface area contributed by atoms with Gasteiger partial charge in [-0.3, -0.25) is 0 Å². The highest BCUT2D eigenvalue weighted by atomic mass is 15.3. The number of aryl methyl sites for hydroxylation is 1. The summed E-state index contributed by atoms with van der Waals surface area (Å²) >= 11 is 0. The van der Waals surface area contributed by atoms with E-state index in [2.05, 4.69) is 40.0 Å². The lowest BCUT2D eigenvalue weighted by Crippen LogP contribution is -2.45. The van der Waals surface area contributed by atoms with Crippen LogP contribution in [0.15, 0.2) is 36.4 Å². The first kappa shape index (κ1) is 13.1. The minimum absolute atomic E-state index is 0.858. The summed E-state index contributed by atoms with van der Waals surface area (Å²) in [5.74, 6) is 0.858. The molecular formula is C16H20N4. The van der Waals surface area contributed by atoms with Crippen LogP contribution < -0.4 is 4.90 Å². The molecule has 0 amide bonds. The zero-order valence-electron chi connectivity index (χ0n) is 12.1. The highest BCUT2D eigenvalue weighted by Gasteiger charge is 2.17. The number of benzene rings is 1. The number of anilines is 1. The van der Waals surface area contributed by atoms with Crippen LogP contribution in [0.2, 0.25) is 0 Å². The Kier molecular flexibility index (Phi) is 3.65. The lowest BCUT2D eigenvalue weighted by atomic mass is 10.1.